The number of rotatable bonds is 1. The molecule has 0 amide bonds. The molecule has 0 spiro atoms. The zero-order chi connectivity index (χ0) is 18.8. The van der Waals surface area contributed by atoms with Crippen molar-refractivity contribution in [2.75, 3.05) is 5.32 Å². The van der Waals surface area contributed by atoms with E-state index in [0.717, 1.165) is 47.5 Å². The quantitative estimate of drug-likeness (QED) is 0.835. The van der Waals surface area contributed by atoms with E-state index in [9.17, 15) is 13.2 Å². The Morgan fingerprint density at radius 2 is 1.92 bits per heavy atom. The molecule has 3 heterocycles. The molecular formula is C17H21F3N6. The molecule has 0 saturated carbocycles. The van der Waals surface area contributed by atoms with Crippen LogP contribution in [0.5, 0.6) is 0 Å². The first-order chi connectivity index (χ1) is 12.2. The van der Waals surface area contributed by atoms with Crippen molar-refractivity contribution >= 4 is 5.95 Å². The van der Waals surface area contributed by atoms with Crippen LogP contribution in [0.25, 0.3) is 0 Å². The van der Waals surface area contributed by atoms with Gasteiger partial charge in [0.25, 0.3) is 5.82 Å². The predicted molar refractivity (Wildman–Crippen MR) is 89.5 cm³/mol. The second-order valence-electron chi connectivity index (χ2n) is 7.17. The summed E-state index contributed by atoms with van der Waals surface area (Å²) in [6, 6.07) is -0.402. The van der Waals surface area contributed by atoms with Crippen molar-refractivity contribution in [2.24, 2.45) is 13.0 Å². The number of nitrogens with zero attached hydrogens (tertiary/aromatic N) is 5. The molecule has 2 atom stereocenters. The fourth-order valence-corrected chi connectivity index (χ4v) is 4.14. The van der Waals surface area contributed by atoms with Crippen molar-refractivity contribution in [1.29, 1.82) is 0 Å². The smallest absolute Gasteiger partial charge is 0.328 e. The van der Waals surface area contributed by atoms with Crippen LogP contribution in [-0.2, 0) is 13.2 Å². The van der Waals surface area contributed by atoms with Gasteiger partial charge in [-0.3, -0.25) is 4.68 Å². The average Bonchev–Trinajstić information content (AvgIpc) is 3.08. The van der Waals surface area contributed by atoms with Gasteiger partial charge < -0.3 is 5.32 Å². The molecule has 2 unspecified atom stereocenters. The lowest BCUT2D eigenvalue weighted by Crippen LogP contribution is -2.30. The Hall–Kier alpha value is -2.32. The van der Waals surface area contributed by atoms with E-state index in [1.807, 2.05) is 20.9 Å². The number of alkyl halides is 3. The lowest BCUT2D eigenvalue weighted by Gasteiger charge is -2.36. The van der Waals surface area contributed by atoms with E-state index in [2.05, 4.69) is 27.4 Å². The maximum Gasteiger partial charge on any atom is 0.453 e. The summed E-state index contributed by atoms with van der Waals surface area (Å²) in [7, 11) is 1.84. The predicted octanol–water partition coefficient (Wildman–Crippen LogP) is 3.74. The summed E-state index contributed by atoms with van der Waals surface area (Å²) in [5, 5.41) is 11.4. The Balaban J connectivity index is 1.96. The van der Waals surface area contributed by atoms with Crippen LogP contribution in [0.3, 0.4) is 0 Å². The first-order valence-electron chi connectivity index (χ1n) is 8.72. The van der Waals surface area contributed by atoms with Gasteiger partial charge in [0, 0.05) is 24.0 Å². The monoisotopic (exact) mass is 366 g/mol. The highest BCUT2D eigenvalue weighted by molar-refractivity contribution is 5.51. The van der Waals surface area contributed by atoms with Crippen LogP contribution < -0.4 is 5.32 Å². The molecule has 140 valence electrons. The number of aryl methyl sites for hydroxylation is 2. The highest BCUT2D eigenvalue weighted by Crippen LogP contribution is 2.45. The van der Waals surface area contributed by atoms with Crippen LogP contribution >= 0.6 is 0 Å². The first-order valence-corrected chi connectivity index (χ1v) is 8.72. The lowest BCUT2D eigenvalue weighted by atomic mass is 9.81. The van der Waals surface area contributed by atoms with Gasteiger partial charge in [0.05, 0.1) is 5.69 Å². The Kier molecular flexibility index (Phi) is 3.68. The minimum atomic E-state index is -4.58. The van der Waals surface area contributed by atoms with Crippen LogP contribution in [0.15, 0.2) is 11.3 Å². The van der Waals surface area contributed by atoms with Crippen LogP contribution in [-0.4, -0.2) is 24.5 Å². The number of nitrogens with one attached hydrogen (secondary N) is 1. The van der Waals surface area contributed by atoms with E-state index in [1.165, 1.54) is 4.68 Å². The molecule has 4 rings (SSSR count). The van der Waals surface area contributed by atoms with Crippen molar-refractivity contribution in [1.82, 2.24) is 24.5 Å². The molecule has 1 N–H and O–H groups in total. The van der Waals surface area contributed by atoms with E-state index in [4.69, 9.17) is 0 Å². The topological polar surface area (TPSA) is 60.6 Å². The van der Waals surface area contributed by atoms with Crippen LogP contribution in [0, 0.1) is 19.8 Å². The second-order valence-corrected chi connectivity index (χ2v) is 7.17. The molecule has 0 fully saturated rings. The van der Waals surface area contributed by atoms with Gasteiger partial charge in [-0.05, 0) is 44.6 Å². The number of fused-ring (bicyclic) bond motifs is 1. The highest BCUT2D eigenvalue weighted by Gasteiger charge is 2.42. The number of aromatic nitrogens is 5. The van der Waals surface area contributed by atoms with Crippen LogP contribution in [0.2, 0.25) is 0 Å². The van der Waals surface area contributed by atoms with Gasteiger partial charge in [-0.2, -0.15) is 23.3 Å². The molecule has 9 heteroatoms. The average molecular weight is 366 g/mol. The van der Waals surface area contributed by atoms with E-state index >= 15 is 0 Å². The molecule has 2 aromatic heterocycles. The summed E-state index contributed by atoms with van der Waals surface area (Å²) >= 11 is 0. The van der Waals surface area contributed by atoms with Gasteiger partial charge in [0.15, 0.2) is 0 Å². The van der Waals surface area contributed by atoms with Crippen LogP contribution in [0.4, 0.5) is 19.1 Å². The van der Waals surface area contributed by atoms with Gasteiger partial charge in [-0.1, -0.05) is 6.92 Å². The number of allylic oxidation sites excluding steroid dienone is 2. The molecule has 0 bridgehead atoms. The van der Waals surface area contributed by atoms with Crippen molar-refractivity contribution in [2.45, 2.75) is 52.3 Å². The van der Waals surface area contributed by atoms with Crippen LogP contribution in [0.1, 0.15) is 55.0 Å². The first kappa shape index (κ1) is 17.1. The molecule has 6 nitrogen and oxygen atoms in total. The summed E-state index contributed by atoms with van der Waals surface area (Å²) < 4.78 is 42.8. The van der Waals surface area contributed by atoms with Gasteiger partial charge in [-0.15, -0.1) is 5.10 Å². The second kappa shape index (κ2) is 5.59. The minimum Gasteiger partial charge on any atom is -0.328 e. The maximum absolute atomic E-state index is 13.2. The van der Waals surface area contributed by atoms with Gasteiger partial charge >= 0.3 is 6.18 Å². The van der Waals surface area contributed by atoms with Gasteiger partial charge in [0.2, 0.25) is 5.95 Å². The van der Waals surface area contributed by atoms with Gasteiger partial charge in [0.1, 0.15) is 6.04 Å². The minimum absolute atomic E-state index is 0.150. The number of hydrogen-bond acceptors (Lipinski definition) is 4. The fourth-order valence-electron chi connectivity index (χ4n) is 4.14. The number of anilines is 1. The molecular weight excluding hydrogens is 345 g/mol. The SMILES string of the molecule is Cc1nn(C)c(C)c1C1C2=C(Nc3nc(C(F)(F)F)nn31)C(C)CCC2. The molecule has 2 aliphatic rings. The molecule has 0 aromatic carbocycles. The molecule has 26 heavy (non-hydrogen) atoms. The Morgan fingerprint density at radius 1 is 1.19 bits per heavy atom. The van der Waals surface area contributed by atoms with E-state index in [-0.39, 0.29) is 11.9 Å². The zero-order valence-electron chi connectivity index (χ0n) is 15.1. The van der Waals surface area contributed by atoms with Crippen molar-refractivity contribution < 1.29 is 13.2 Å². The summed E-state index contributed by atoms with van der Waals surface area (Å²) in [6.07, 6.45) is -1.75. The van der Waals surface area contributed by atoms with Crippen molar-refractivity contribution in [3.63, 3.8) is 0 Å². The molecule has 1 aliphatic carbocycles. The Morgan fingerprint density at radius 3 is 2.54 bits per heavy atom. The summed E-state index contributed by atoms with van der Waals surface area (Å²) in [5.74, 6) is -0.715. The van der Waals surface area contributed by atoms with Crippen molar-refractivity contribution in [3.05, 3.63) is 34.0 Å². The Labute approximate surface area is 149 Å². The van der Waals surface area contributed by atoms with E-state index in [1.54, 1.807) is 4.68 Å². The standard InChI is InChI=1S/C17H21F3N6/c1-8-6-5-7-11-13(8)21-16-22-15(17(18,19)20)24-26(16)14(11)12-9(2)23-25(4)10(12)3/h8,14H,5-7H2,1-4H3,(H,21,22,24). The number of hydrogen-bond donors (Lipinski definition) is 1. The molecule has 0 saturated heterocycles. The van der Waals surface area contributed by atoms with Crippen molar-refractivity contribution in [3.8, 4) is 0 Å². The van der Waals surface area contributed by atoms with E-state index in [0.29, 0.717) is 0 Å². The maximum atomic E-state index is 13.2. The third kappa shape index (κ3) is 2.44. The highest BCUT2D eigenvalue weighted by atomic mass is 19.4. The fraction of sp³-hybridized carbons (Fsp3) is 0.588. The third-order valence-electron chi connectivity index (χ3n) is 5.47. The molecule has 2 aromatic rings. The van der Waals surface area contributed by atoms with Gasteiger partial charge in [-0.25, -0.2) is 4.68 Å². The normalized spacial score (nSPS) is 22.9. The summed E-state index contributed by atoms with van der Waals surface area (Å²) in [6.45, 7) is 5.92. The molecule has 1 aliphatic heterocycles. The van der Waals surface area contributed by atoms with E-state index < -0.39 is 18.0 Å². The molecule has 0 radical (unpaired) electrons. The summed E-state index contributed by atoms with van der Waals surface area (Å²) in [4.78, 5) is 3.74. The lowest BCUT2D eigenvalue weighted by molar-refractivity contribution is -0.145. The zero-order valence-corrected chi connectivity index (χ0v) is 15.1. The largest absolute Gasteiger partial charge is 0.453 e. The number of halogens is 3. The summed E-state index contributed by atoms with van der Waals surface area (Å²) in [5.41, 5.74) is 4.72. The third-order valence-corrected chi connectivity index (χ3v) is 5.47. The Bertz CT molecular complexity index is 904.